The molecule has 0 aliphatic heterocycles. The first-order valence-electron chi connectivity index (χ1n) is 3.02. The van der Waals surface area contributed by atoms with Crippen molar-refractivity contribution >= 4 is 0 Å². The summed E-state index contributed by atoms with van der Waals surface area (Å²) in [5.74, 6) is 0. The highest BCUT2D eigenvalue weighted by Crippen LogP contribution is 1.91. The van der Waals surface area contributed by atoms with E-state index in [1.54, 1.807) is 18.2 Å². The lowest BCUT2D eigenvalue weighted by molar-refractivity contribution is 0.503. The molecule has 0 amide bonds. The summed E-state index contributed by atoms with van der Waals surface area (Å²) in [6.45, 7) is 3.52. The van der Waals surface area contributed by atoms with Crippen molar-refractivity contribution in [3.05, 3.63) is 47.0 Å². The Bertz CT molecular complexity index is 273. The monoisotopic (exact) mass is 136 g/mol. The van der Waals surface area contributed by atoms with Crippen LogP contribution in [0.15, 0.2) is 40.3 Å². The smallest absolute Gasteiger partial charge is 0.339 e. The van der Waals surface area contributed by atoms with Gasteiger partial charge in [0.2, 0.25) is 0 Å². The van der Waals surface area contributed by atoms with Gasteiger partial charge in [-0.1, -0.05) is 6.08 Å². The Hall–Kier alpha value is -1.31. The molecule has 0 atom stereocenters. The van der Waals surface area contributed by atoms with Gasteiger partial charge in [0.15, 0.2) is 0 Å². The highest BCUT2D eigenvalue weighted by atomic mass is 16.4. The van der Waals surface area contributed by atoms with Gasteiger partial charge in [-0.05, 0) is 18.6 Å². The van der Waals surface area contributed by atoms with Crippen LogP contribution in [0.4, 0.5) is 0 Å². The molecule has 0 radical (unpaired) electrons. The predicted octanol–water partition coefficient (Wildman–Crippen LogP) is 1.37. The third-order valence-corrected chi connectivity index (χ3v) is 1.18. The van der Waals surface area contributed by atoms with Crippen LogP contribution in [0, 0.1) is 0 Å². The van der Waals surface area contributed by atoms with E-state index in [0.29, 0.717) is 12.0 Å². The molecule has 0 bridgehead atoms. The quantitative estimate of drug-likeness (QED) is 0.575. The van der Waals surface area contributed by atoms with E-state index in [2.05, 4.69) is 11.0 Å². The largest absolute Gasteiger partial charge is 0.431 e. The number of rotatable bonds is 2. The first-order chi connectivity index (χ1) is 4.84. The van der Waals surface area contributed by atoms with Gasteiger partial charge in [-0.15, -0.1) is 6.58 Å². The highest BCUT2D eigenvalue weighted by Gasteiger charge is 1.94. The summed E-state index contributed by atoms with van der Waals surface area (Å²) >= 11 is 0. The summed E-state index contributed by atoms with van der Waals surface area (Å²) in [6, 6.07) is 3.42. The molecule has 0 saturated heterocycles. The summed E-state index contributed by atoms with van der Waals surface area (Å²) in [5, 5.41) is 0. The van der Waals surface area contributed by atoms with E-state index in [0.717, 1.165) is 0 Å². The Balaban J connectivity index is 3.03. The fraction of sp³-hybridized carbons (Fsp3) is 0.125. The molecular weight excluding hydrogens is 128 g/mol. The Morgan fingerprint density at radius 3 is 3.10 bits per heavy atom. The number of hydrogen-bond acceptors (Lipinski definition) is 2. The molecule has 1 aromatic heterocycles. The van der Waals surface area contributed by atoms with E-state index < -0.39 is 0 Å². The van der Waals surface area contributed by atoms with E-state index in [1.807, 2.05) is 0 Å². The topological polar surface area (TPSA) is 30.2 Å². The van der Waals surface area contributed by atoms with Gasteiger partial charge < -0.3 is 4.42 Å². The van der Waals surface area contributed by atoms with Gasteiger partial charge in [-0.25, -0.2) is 4.79 Å². The van der Waals surface area contributed by atoms with Gasteiger partial charge in [-0.2, -0.15) is 0 Å². The Morgan fingerprint density at radius 1 is 1.70 bits per heavy atom. The lowest BCUT2D eigenvalue weighted by atomic mass is 10.2. The fourth-order valence-corrected chi connectivity index (χ4v) is 0.707. The SMILES string of the molecule is C=CCc1cccoc1=O. The van der Waals surface area contributed by atoms with Crippen molar-refractivity contribution in [1.29, 1.82) is 0 Å². The molecule has 1 heterocycles. The molecule has 2 heteroatoms. The van der Waals surface area contributed by atoms with E-state index in [1.165, 1.54) is 6.26 Å². The van der Waals surface area contributed by atoms with Crippen LogP contribution in [0.25, 0.3) is 0 Å². The van der Waals surface area contributed by atoms with Crippen LogP contribution in [0.3, 0.4) is 0 Å². The van der Waals surface area contributed by atoms with Gasteiger partial charge in [-0.3, -0.25) is 0 Å². The van der Waals surface area contributed by atoms with Gasteiger partial charge >= 0.3 is 5.63 Å². The lowest BCUT2D eigenvalue weighted by Crippen LogP contribution is -2.04. The van der Waals surface area contributed by atoms with Gasteiger partial charge in [0.25, 0.3) is 0 Å². The maximum absolute atomic E-state index is 10.8. The second kappa shape index (κ2) is 3.01. The van der Waals surface area contributed by atoms with Crippen molar-refractivity contribution in [2.75, 3.05) is 0 Å². The molecule has 0 aliphatic carbocycles. The van der Waals surface area contributed by atoms with Crippen LogP contribution in [-0.2, 0) is 6.42 Å². The standard InChI is InChI=1S/C8H8O2/c1-2-4-7-5-3-6-10-8(7)9/h2-3,5-6H,1,4H2. The second-order valence-electron chi connectivity index (χ2n) is 1.92. The second-order valence-corrected chi connectivity index (χ2v) is 1.92. The van der Waals surface area contributed by atoms with Crippen molar-refractivity contribution in [3.8, 4) is 0 Å². The molecule has 0 unspecified atom stereocenters. The Morgan fingerprint density at radius 2 is 2.50 bits per heavy atom. The number of hydrogen-bond donors (Lipinski definition) is 0. The molecule has 10 heavy (non-hydrogen) atoms. The normalized spacial score (nSPS) is 9.20. The minimum absolute atomic E-state index is 0.276. The third kappa shape index (κ3) is 1.35. The first-order valence-corrected chi connectivity index (χ1v) is 3.02. The van der Waals surface area contributed by atoms with Crippen molar-refractivity contribution in [1.82, 2.24) is 0 Å². The molecule has 1 rings (SSSR count). The molecular formula is C8H8O2. The number of allylic oxidation sites excluding steroid dienone is 1. The fourth-order valence-electron chi connectivity index (χ4n) is 0.707. The third-order valence-electron chi connectivity index (χ3n) is 1.18. The first kappa shape index (κ1) is 6.81. The molecule has 0 aliphatic rings. The predicted molar refractivity (Wildman–Crippen MR) is 38.9 cm³/mol. The van der Waals surface area contributed by atoms with Crippen molar-refractivity contribution in [2.45, 2.75) is 6.42 Å². The summed E-state index contributed by atoms with van der Waals surface area (Å²) in [4.78, 5) is 10.8. The average molecular weight is 136 g/mol. The zero-order chi connectivity index (χ0) is 7.40. The van der Waals surface area contributed by atoms with Crippen LogP contribution >= 0.6 is 0 Å². The maximum Gasteiger partial charge on any atom is 0.339 e. The van der Waals surface area contributed by atoms with Crippen molar-refractivity contribution in [2.24, 2.45) is 0 Å². The summed E-state index contributed by atoms with van der Waals surface area (Å²) in [7, 11) is 0. The molecule has 2 nitrogen and oxygen atoms in total. The van der Waals surface area contributed by atoms with Crippen LogP contribution in [0.5, 0.6) is 0 Å². The van der Waals surface area contributed by atoms with Crippen LogP contribution in [0.1, 0.15) is 5.56 Å². The van der Waals surface area contributed by atoms with E-state index in [9.17, 15) is 4.79 Å². The molecule has 0 N–H and O–H groups in total. The van der Waals surface area contributed by atoms with Crippen LogP contribution in [0.2, 0.25) is 0 Å². The van der Waals surface area contributed by atoms with E-state index in [4.69, 9.17) is 0 Å². The Kier molecular flexibility index (Phi) is 2.05. The van der Waals surface area contributed by atoms with E-state index in [-0.39, 0.29) is 5.63 Å². The Labute approximate surface area is 58.8 Å². The van der Waals surface area contributed by atoms with Crippen LogP contribution < -0.4 is 5.63 Å². The lowest BCUT2D eigenvalue weighted by Gasteiger charge is -1.89. The minimum Gasteiger partial charge on any atom is -0.431 e. The summed E-state index contributed by atoms with van der Waals surface area (Å²) in [5.41, 5.74) is 0.375. The molecule has 1 aromatic rings. The highest BCUT2D eigenvalue weighted by molar-refractivity contribution is 5.09. The summed E-state index contributed by atoms with van der Waals surface area (Å²) in [6.07, 6.45) is 3.62. The minimum atomic E-state index is -0.276. The van der Waals surface area contributed by atoms with Crippen molar-refractivity contribution < 1.29 is 4.42 Å². The van der Waals surface area contributed by atoms with Crippen molar-refractivity contribution in [3.63, 3.8) is 0 Å². The zero-order valence-corrected chi connectivity index (χ0v) is 5.54. The zero-order valence-electron chi connectivity index (χ0n) is 5.54. The molecule has 0 saturated carbocycles. The van der Waals surface area contributed by atoms with Gasteiger partial charge in [0, 0.05) is 5.56 Å². The average Bonchev–Trinajstić information content (AvgIpc) is 1.94. The van der Waals surface area contributed by atoms with Gasteiger partial charge in [0.1, 0.15) is 0 Å². The maximum atomic E-state index is 10.8. The molecule has 0 fully saturated rings. The molecule has 0 aromatic carbocycles. The molecule has 0 spiro atoms. The molecule has 52 valence electrons. The summed E-state index contributed by atoms with van der Waals surface area (Å²) < 4.78 is 4.61. The van der Waals surface area contributed by atoms with Gasteiger partial charge in [0.05, 0.1) is 6.26 Å². The van der Waals surface area contributed by atoms with E-state index >= 15 is 0 Å². The van der Waals surface area contributed by atoms with Crippen LogP contribution in [-0.4, -0.2) is 0 Å².